The number of carbonyl (C=O) groups excluding carboxylic acids is 2. The maximum Gasteiger partial charge on any atom is 0.258 e. The molecular weight excluding hydrogens is 416 g/mol. The van der Waals surface area contributed by atoms with Crippen LogP contribution < -0.4 is 19.7 Å². The SMILES string of the molecule is CCc1ccccc1N(CC(=O)NCCc1ccccc1)C(=O)c1ccc2c(c1)OCCO2. The van der Waals surface area contributed by atoms with Crippen molar-refractivity contribution < 1.29 is 19.1 Å². The molecule has 1 aliphatic heterocycles. The molecule has 0 fully saturated rings. The van der Waals surface area contributed by atoms with Crippen LogP contribution in [0.2, 0.25) is 0 Å². The Bertz CT molecular complexity index is 1110. The zero-order valence-electron chi connectivity index (χ0n) is 18.8. The lowest BCUT2D eigenvalue weighted by atomic mass is 10.1. The van der Waals surface area contributed by atoms with Crippen molar-refractivity contribution in [1.29, 1.82) is 0 Å². The van der Waals surface area contributed by atoms with Crippen LogP contribution in [-0.4, -0.2) is 38.1 Å². The van der Waals surface area contributed by atoms with E-state index in [1.807, 2.05) is 61.5 Å². The van der Waals surface area contributed by atoms with Crippen molar-refractivity contribution >= 4 is 17.5 Å². The largest absolute Gasteiger partial charge is 0.486 e. The number of para-hydroxylation sites is 1. The maximum absolute atomic E-state index is 13.6. The predicted octanol–water partition coefficient (Wildman–Crippen LogP) is 4.03. The van der Waals surface area contributed by atoms with Gasteiger partial charge in [0.25, 0.3) is 5.91 Å². The number of fused-ring (bicyclic) bond motifs is 1. The highest BCUT2D eigenvalue weighted by Crippen LogP contribution is 2.32. The monoisotopic (exact) mass is 444 g/mol. The average molecular weight is 445 g/mol. The van der Waals surface area contributed by atoms with Crippen molar-refractivity contribution in [2.24, 2.45) is 0 Å². The zero-order chi connectivity index (χ0) is 23.0. The van der Waals surface area contributed by atoms with Crippen molar-refractivity contribution in [2.45, 2.75) is 19.8 Å². The second-order valence-electron chi connectivity index (χ2n) is 7.82. The van der Waals surface area contributed by atoms with Gasteiger partial charge < -0.3 is 14.8 Å². The number of nitrogens with one attached hydrogen (secondary N) is 1. The van der Waals surface area contributed by atoms with Crippen LogP contribution in [-0.2, 0) is 17.6 Å². The van der Waals surface area contributed by atoms with Crippen LogP contribution in [0, 0.1) is 0 Å². The molecule has 6 nitrogen and oxygen atoms in total. The van der Waals surface area contributed by atoms with E-state index < -0.39 is 0 Å². The first-order valence-electron chi connectivity index (χ1n) is 11.3. The molecule has 1 aliphatic rings. The molecular formula is C27H28N2O4. The minimum absolute atomic E-state index is 0.0704. The predicted molar refractivity (Wildman–Crippen MR) is 128 cm³/mol. The number of ether oxygens (including phenoxy) is 2. The van der Waals surface area contributed by atoms with Gasteiger partial charge in [-0.2, -0.15) is 0 Å². The Balaban J connectivity index is 1.53. The summed E-state index contributed by atoms with van der Waals surface area (Å²) < 4.78 is 11.2. The van der Waals surface area contributed by atoms with E-state index in [2.05, 4.69) is 5.32 Å². The van der Waals surface area contributed by atoms with E-state index >= 15 is 0 Å². The molecule has 1 heterocycles. The van der Waals surface area contributed by atoms with Crippen molar-refractivity contribution in [3.63, 3.8) is 0 Å². The van der Waals surface area contributed by atoms with E-state index in [4.69, 9.17) is 9.47 Å². The van der Waals surface area contributed by atoms with E-state index in [1.165, 1.54) is 0 Å². The molecule has 0 unspecified atom stereocenters. The number of benzene rings is 3. The summed E-state index contributed by atoms with van der Waals surface area (Å²) >= 11 is 0. The van der Waals surface area contributed by atoms with E-state index in [9.17, 15) is 9.59 Å². The fraction of sp³-hybridized carbons (Fsp3) is 0.259. The van der Waals surface area contributed by atoms with Crippen LogP contribution in [0.3, 0.4) is 0 Å². The summed E-state index contributed by atoms with van der Waals surface area (Å²) in [5, 5.41) is 2.95. The highest BCUT2D eigenvalue weighted by Gasteiger charge is 2.24. The average Bonchev–Trinajstić information content (AvgIpc) is 2.87. The summed E-state index contributed by atoms with van der Waals surface area (Å²) in [4.78, 5) is 28.0. The third-order valence-electron chi connectivity index (χ3n) is 5.58. The van der Waals surface area contributed by atoms with Crippen molar-refractivity contribution in [1.82, 2.24) is 5.32 Å². The van der Waals surface area contributed by atoms with Gasteiger partial charge in [-0.05, 0) is 48.2 Å². The summed E-state index contributed by atoms with van der Waals surface area (Å²) in [6.07, 6.45) is 1.48. The lowest BCUT2D eigenvalue weighted by molar-refractivity contribution is -0.119. The van der Waals surface area contributed by atoms with Gasteiger partial charge in [-0.25, -0.2) is 0 Å². The molecule has 0 spiro atoms. The van der Waals surface area contributed by atoms with Crippen LogP contribution in [0.4, 0.5) is 5.69 Å². The van der Waals surface area contributed by atoms with Gasteiger partial charge in [-0.15, -0.1) is 0 Å². The minimum Gasteiger partial charge on any atom is -0.486 e. The van der Waals surface area contributed by atoms with E-state index in [0.717, 1.165) is 29.7 Å². The van der Waals surface area contributed by atoms with Crippen molar-refractivity contribution in [3.05, 3.63) is 89.5 Å². The number of amides is 2. The fourth-order valence-corrected chi connectivity index (χ4v) is 3.86. The van der Waals surface area contributed by atoms with Crippen LogP contribution >= 0.6 is 0 Å². The van der Waals surface area contributed by atoms with Gasteiger partial charge in [-0.1, -0.05) is 55.5 Å². The number of anilines is 1. The van der Waals surface area contributed by atoms with Gasteiger partial charge in [0, 0.05) is 17.8 Å². The highest BCUT2D eigenvalue weighted by atomic mass is 16.6. The molecule has 3 aromatic rings. The molecule has 2 amide bonds. The van der Waals surface area contributed by atoms with Crippen LogP contribution in [0.1, 0.15) is 28.4 Å². The highest BCUT2D eigenvalue weighted by molar-refractivity contribution is 6.09. The minimum atomic E-state index is -0.258. The lowest BCUT2D eigenvalue weighted by Gasteiger charge is -2.26. The standard InChI is InChI=1S/C27H28N2O4/c1-2-21-10-6-7-11-23(21)29(19-26(30)28-15-14-20-8-4-3-5-9-20)27(31)22-12-13-24-25(18-22)33-17-16-32-24/h3-13,18H,2,14-17,19H2,1H3,(H,28,30). The summed E-state index contributed by atoms with van der Waals surface area (Å²) in [6.45, 7) is 3.39. The van der Waals surface area contributed by atoms with Gasteiger partial charge >= 0.3 is 0 Å². The molecule has 0 bridgehead atoms. The first-order valence-corrected chi connectivity index (χ1v) is 11.3. The molecule has 0 saturated heterocycles. The topological polar surface area (TPSA) is 67.9 Å². The molecule has 0 saturated carbocycles. The number of hydrogen-bond acceptors (Lipinski definition) is 4. The smallest absolute Gasteiger partial charge is 0.258 e. The fourth-order valence-electron chi connectivity index (χ4n) is 3.86. The lowest BCUT2D eigenvalue weighted by Crippen LogP contribution is -2.42. The quantitative estimate of drug-likeness (QED) is 0.570. The summed E-state index contributed by atoms with van der Waals surface area (Å²) in [6, 6.07) is 22.8. The van der Waals surface area contributed by atoms with Gasteiger partial charge in [-0.3, -0.25) is 14.5 Å². The van der Waals surface area contributed by atoms with Gasteiger partial charge in [0.2, 0.25) is 5.91 Å². The molecule has 33 heavy (non-hydrogen) atoms. The Kier molecular flexibility index (Phi) is 7.25. The number of nitrogens with zero attached hydrogens (tertiary/aromatic N) is 1. The first-order chi connectivity index (χ1) is 16.2. The number of rotatable bonds is 8. The van der Waals surface area contributed by atoms with Gasteiger partial charge in [0.15, 0.2) is 11.5 Å². The summed E-state index contributed by atoms with van der Waals surface area (Å²) in [5.41, 5.74) is 3.33. The van der Waals surface area contributed by atoms with Gasteiger partial charge in [0.1, 0.15) is 19.8 Å². The summed E-state index contributed by atoms with van der Waals surface area (Å²) in [7, 11) is 0. The number of carbonyl (C=O) groups is 2. The zero-order valence-corrected chi connectivity index (χ0v) is 18.8. The first kappa shape index (κ1) is 22.4. The van der Waals surface area contributed by atoms with Crippen LogP contribution in [0.5, 0.6) is 11.5 Å². The van der Waals surface area contributed by atoms with Crippen molar-refractivity contribution in [2.75, 3.05) is 31.2 Å². The second kappa shape index (κ2) is 10.7. The van der Waals surface area contributed by atoms with Crippen molar-refractivity contribution in [3.8, 4) is 11.5 Å². The summed E-state index contributed by atoms with van der Waals surface area (Å²) in [5.74, 6) is 0.703. The molecule has 0 atom stereocenters. The van der Waals surface area contributed by atoms with Crippen LogP contribution in [0.25, 0.3) is 0 Å². The Morgan fingerprint density at radius 3 is 2.42 bits per heavy atom. The Hall–Kier alpha value is -3.80. The Morgan fingerprint density at radius 1 is 0.909 bits per heavy atom. The number of hydrogen-bond donors (Lipinski definition) is 1. The third kappa shape index (κ3) is 5.52. The van der Waals surface area contributed by atoms with E-state index in [1.54, 1.807) is 23.1 Å². The Labute approximate surface area is 194 Å². The normalized spacial score (nSPS) is 12.2. The molecule has 4 rings (SSSR count). The molecule has 0 aliphatic carbocycles. The molecule has 170 valence electrons. The Morgan fingerprint density at radius 2 is 1.64 bits per heavy atom. The second-order valence-corrected chi connectivity index (χ2v) is 7.82. The molecule has 3 aromatic carbocycles. The third-order valence-corrected chi connectivity index (χ3v) is 5.58. The molecule has 1 N–H and O–H groups in total. The van der Waals surface area contributed by atoms with Gasteiger partial charge in [0.05, 0.1) is 0 Å². The molecule has 6 heteroatoms. The number of aryl methyl sites for hydroxylation is 1. The van der Waals surface area contributed by atoms with E-state index in [0.29, 0.717) is 36.8 Å². The molecule has 0 aromatic heterocycles. The maximum atomic E-state index is 13.6. The molecule has 0 radical (unpaired) electrons. The van der Waals surface area contributed by atoms with Crippen LogP contribution in [0.15, 0.2) is 72.8 Å². The van der Waals surface area contributed by atoms with E-state index in [-0.39, 0.29) is 18.4 Å².